The van der Waals surface area contributed by atoms with E-state index in [1.165, 1.54) is 12.1 Å². The molecule has 1 unspecified atom stereocenters. The summed E-state index contributed by atoms with van der Waals surface area (Å²) in [6.07, 6.45) is -5.26. The highest BCUT2D eigenvalue weighted by Crippen LogP contribution is 2.32. The molecule has 1 aromatic carbocycles. The van der Waals surface area contributed by atoms with Crippen molar-refractivity contribution in [1.82, 2.24) is 5.32 Å². The van der Waals surface area contributed by atoms with Crippen LogP contribution in [-0.4, -0.2) is 24.9 Å². The fourth-order valence-electron chi connectivity index (χ4n) is 1.52. The Balaban J connectivity index is 2.61. The number of alkyl halides is 3. The Morgan fingerprint density at radius 2 is 1.82 bits per heavy atom. The van der Waals surface area contributed by atoms with Crippen LogP contribution < -0.4 is 5.32 Å². The van der Waals surface area contributed by atoms with E-state index in [1.54, 1.807) is 12.1 Å². The molecule has 0 spiro atoms. The molecule has 0 radical (unpaired) electrons. The molecule has 0 bridgehead atoms. The van der Waals surface area contributed by atoms with Crippen molar-refractivity contribution in [3.63, 3.8) is 0 Å². The number of halogens is 3. The van der Waals surface area contributed by atoms with Crippen LogP contribution >= 0.6 is 0 Å². The van der Waals surface area contributed by atoms with Crippen molar-refractivity contribution in [2.75, 3.05) is 13.6 Å². The molecule has 1 aromatic rings. The zero-order valence-electron chi connectivity index (χ0n) is 9.59. The van der Waals surface area contributed by atoms with Crippen LogP contribution in [0.1, 0.15) is 23.7 Å². The van der Waals surface area contributed by atoms with E-state index >= 15 is 0 Å². The Hall–Kier alpha value is -1.07. The van der Waals surface area contributed by atoms with Crippen LogP contribution in [0.4, 0.5) is 13.2 Å². The minimum absolute atomic E-state index is 0.116. The first-order valence-corrected chi connectivity index (χ1v) is 5.43. The first-order chi connectivity index (χ1) is 7.95. The quantitative estimate of drug-likeness (QED) is 0.783. The predicted molar refractivity (Wildman–Crippen MR) is 59.7 cm³/mol. The van der Waals surface area contributed by atoms with Gasteiger partial charge in [0, 0.05) is 0 Å². The van der Waals surface area contributed by atoms with E-state index in [0.29, 0.717) is 0 Å². The molecule has 0 fully saturated rings. The number of aliphatic hydroxyl groups is 1. The lowest BCUT2D eigenvalue weighted by Gasteiger charge is -2.15. The fraction of sp³-hybridized carbons (Fsp3) is 0.500. The van der Waals surface area contributed by atoms with Crippen LogP contribution in [0.5, 0.6) is 0 Å². The van der Waals surface area contributed by atoms with Gasteiger partial charge in [-0.3, -0.25) is 0 Å². The van der Waals surface area contributed by atoms with Crippen LogP contribution in [0, 0.1) is 0 Å². The van der Waals surface area contributed by atoms with Crippen LogP contribution in [-0.2, 0) is 6.42 Å². The van der Waals surface area contributed by atoms with Crippen LogP contribution in [0.25, 0.3) is 0 Å². The third-order valence-corrected chi connectivity index (χ3v) is 2.50. The number of hydrogen-bond donors (Lipinski definition) is 2. The molecule has 96 valence electrons. The third-order valence-electron chi connectivity index (χ3n) is 2.50. The standard InChI is InChI=1S/C12H16F3NO/c1-16-8-2-3-9-4-6-10(7-5-9)11(17)12(13,14)15/h4-7,11,16-17H,2-3,8H2,1H3. The number of aliphatic hydroxyl groups excluding tert-OH is 1. The Bertz CT molecular complexity index is 335. The van der Waals surface area contributed by atoms with Crippen molar-refractivity contribution in [3.05, 3.63) is 35.4 Å². The van der Waals surface area contributed by atoms with E-state index in [2.05, 4.69) is 5.32 Å². The minimum atomic E-state index is -4.60. The van der Waals surface area contributed by atoms with Crippen molar-refractivity contribution in [3.8, 4) is 0 Å². The number of nitrogens with one attached hydrogen (secondary N) is 1. The first kappa shape index (κ1) is 14.0. The lowest BCUT2D eigenvalue weighted by molar-refractivity contribution is -0.206. The fourth-order valence-corrected chi connectivity index (χ4v) is 1.52. The molecule has 17 heavy (non-hydrogen) atoms. The van der Waals surface area contributed by atoms with Crippen molar-refractivity contribution in [2.24, 2.45) is 0 Å². The van der Waals surface area contributed by atoms with Gasteiger partial charge in [0.05, 0.1) is 0 Å². The molecule has 0 saturated heterocycles. The highest BCUT2D eigenvalue weighted by molar-refractivity contribution is 5.25. The van der Waals surface area contributed by atoms with E-state index in [0.717, 1.165) is 24.9 Å². The van der Waals surface area contributed by atoms with E-state index in [-0.39, 0.29) is 5.56 Å². The summed E-state index contributed by atoms with van der Waals surface area (Å²) in [7, 11) is 1.85. The average Bonchev–Trinajstić information content (AvgIpc) is 2.28. The molecule has 0 aliphatic rings. The Morgan fingerprint density at radius 3 is 2.29 bits per heavy atom. The summed E-state index contributed by atoms with van der Waals surface area (Å²) in [4.78, 5) is 0. The molecule has 0 heterocycles. The van der Waals surface area contributed by atoms with Crippen LogP contribution in [0.15, 0.2) is 24.3 Å². The van der Waals surface area contributed by atoms with Crippen LogP contribution in [0.2, 0.25) is 0 Å². The number of rotatable bonds is 5. The second-order valence-corrected chi connectivity index (χ2v) is 3.89. The van der Waals surface area contributed by atoms with Gasteiger partial charge in [0.2, 0.25) is 0 Å². The molecular formula is C12H16F3NO. The summed E-state index contributed by atoms with van der Waals surface area (Å²) in [6.45, 7) is 0.868. The van der Waals surface area contributed by atoms with Gasteiger partial charge in [-0.1, -0.05) is 24.3 Å². The zero-order valence-corrected chi connectivity index (χ0v) is 9.59. The van der Waals surface area contributed by atoms with E-state index in [9.17, 15) is 13.2 Å². The molecule has 1 atom stereocenters. The van der Waals surface area contributed by atoms with Gasteiger partial charge in [0.1, 0.15) is 0 Å². The summed E-state index contributed by atoms with van der Waals surface area (Å²) in [5.41, 5.74) is 0.855. The zero-order chi connectivity index (χ0) is 12.9. The highest BCUT2D eigenvalue weighted by atomic mass is 19.4. The third kappa shape index (κ3) is 4.36. The second kappa shape index (κ2) is 6.02. The number of benzene rings is 1. The van der Waals surface area contributed by atoms with Gasteiger partial charge in [-0.15, -0.1) is 0 Å². The van der Waals surface area contributed by atoms with Gasteiger partial charge >= 0.3 is 6.18 Å². The van der Waals surface area contributed by atoms with Gasteiger partial charge in [-0.2, -0.15) is 13.2 Å². The molecule has 0 saturated carbocycles. The Morgan fingerprint density at radius 1 is 1.24 bits per heavy atom. The van der Waals surface area contributed by atoms with Crippen molar-refractivity contribution in [2.45, 2.75) is 25.1 Å². The Labute approximate surface area is 98.5 Å². The van der Waals surface area contributed by atoms with Gasteiger partial charge in [0.25, 0.3) is 0 Å². The molecule has 2 nitrogen and oxygen atoms in total. The topological polar surface area (TPSA) is 32.3 Å². The van der Waals surface area contributed by atoms with Crippen LogP contribution in [0.3, 0.4) is 0 Å². The predicted octanol–water partition coefficient (Wildman–Crippen LogP) is 2.43. The molecule has 1 rings (SSSR count). The molecule has 0 aliphatic carbocycles. The van der Waals surface area contributed by atoms with Gasteiger partial charge in [-0.05, 0) is 37.6 Å². The van der Waals surface area contributed by atoms with E-state index in [4.69, 9.17) is 5.11 Å². The lowest BCUT2D eigenvalue weighted by Crippen LogP contribution is -2.20. The maximum atomic E-state index is 12.2. The summed E-state index contributed by atoms with van der Waals surface area (Å²) in [5, 5.41) is 12.0. The lowest BCUT2D eigenvalue weighted by atomic mass is 10.0. The van der Waals surface area contributed by atoms with Gasteiger partial charge in [-0.25, -0.2) is 0 Å². The van der Waals surface area contributed by atoms with Gasteiger partial charge in [0.15, 0.2) is 6.10 Å². The Kier molecular flexibility index (Phi) is 4.96. The summed E-state index contributed by atoms with van der Waals surface area (Å²) < 4.78 is 36.7. The maximum Gasteiger partial charge on any atom is 0.418 e. The smallest absolute Gasteiger partial charge is 0.379 e. The van der Waals surface area contributed by atoms with E-state index < -0.39 is 12.3 Å². The maximum absolute atomic E-state index is 12.2. The number of hydrogen-bond acceptors (Lipinski definition) is 2. The number of aryl methyl sites for hydroxylation is 1. The molecule has 5 heteroatoms. The van der Waals surface area contributed by atoms with Crippen molar-refractivity contribution in [1.29, 1.82) is 0 Å². The monoisotopic (exact) mass is 247 g/mol. The minimum Gasteiger partial charge on any atom is -0.379 e. The van der Waals surface area contributed by atoms with Gasteiger partial charge < -0.3 is 10.4 Å². The molecule has 0 amide bonds. The van der Waals surface area contributed by atoms with E-state index in [1.807, 2.05) is 7.05 Å². The normalized spacial score (nSPS) is 13.7. The SMILES string of the molecule is CNCCCc1ccc(C(O)C(F)(F)F)cc1. The highest BCUT2D eigenvalue weighted by Gasteiger charge is 2.39. The molecule has 2 N–H and O–H groups in total. The summed E-state index contributed by atoms with van der Waals surface area (Å²) in [6, 6.07) is 5.90. The molecule has 0 aromatic heterocycles. The summed E-state index contributed by atoms with van der Waals surface area (Å²) in [5.74, 6) is 0. The average molecular weight is 247 g/mol. The molecule has 0 aliphatic heterocycles. The summed E-state index contributed by atoms with van der Waals surface area (Å²) >= 11 is 0. The molecular weight excluding hydrogens is 231 g/mol. The second-order valence-electron chi connectivity index (χ2n) is 3.89. The largest absolute Gasteiger partial charge is 0.418 e. The van der Waals surface area contributed by atoms with Crippen molar-refractivity contribution >= 4 is 0 Å². The first-order valence-electron chi connectivity index (χ1n) is 5.43. The van der Waals surface area contributed by atoms with Crippen molar-refractivity contribution < 1.29 is 18.3 Å².